The summed E-state index contributed by atoms with van der Waals surface area (Å²) in [5.41, 5.74) is 0. The van der Waals surface area contributed by atoms with Crippen molar-refractivity contribution in [2.24, 2.45) is 17.8 Å². The molecule has 2 aliphatic carbocycles. The topological polar surface area (TPSA) is 9.23 Å². The average molecular weight is 309 g/mol. The van der Waals surface area contributed by atoms with E-state index in [1.807, 2.05) is 0 Å². The second-order valence-electron chi connectivity index (χ2n) is 8.30. The summed E-state index contributed by atoms with van der Waals surface area (Å²) >= 11 is 0. The molecule has 0 unspecified atom stereocenters. The van der Waals surface area contributed by atoms with Crippen LogP contribution >= 0.6 is 0 Å². The van der Waals surface area contributed by atoms with E-state index in [1.165, 1.54) is 89.9 Å². The highest BCUT2D eigenvalue weighted by atomic mass is 16.5. The Morgan fingerprint density at radius 1 is 0.727 bits per heavy atom. The maximum atomic E-state index is 6.26. The SMILES string of the molecule is CCCCCCC[C@H]1CC[C@H](OC[C@H]2CC[C@H](C)CC2)CC1. The van der Waals surface area contributed by atoms with Crippen LogP contribution in [0.4, 0.5) is 0 Å². The van der Waals surface area contributed by atoms with Gasteiger partial charge >= 0.3 is 0 Å². The molecule has 2 rings (SSSR count). The van der Waals surface area contributed by atoms with Crippen LogP contribution in [0.3, 0.4) is 0 Å². The smallest absolute Gasteiger partial charge is 0.0575 e. The first-order chi connectivity index (χ1) is 10.8. The standard InChI is InChI=1S/C21H40O/c1-3-4-5-6-7-8-19-13-15-21(16-14-19)22-17-20-11-9-18(2)10-12-20/h18-21H,3-17H2,1-2H3/t18-,19-,20-,21-. The van der Waals surface area contributed by atoms with E-state index in [0.717, 1.165) is 24.4 Å². The Balaban J connectivity index is 1.48. The Labute approximate surface area is 139 Å². The predicted molar refractivity (Wildman–Crippen MR) is 96.2 cm³/mol. The molecule has 1 heteroatoms. The van der Waals surface area contributed by atoms with E-state index in [9.17, 15) is 0 Å². The molecule has 0 radical (unpaired) electrons. The van der Waals surface area contributed by atoms with Gasteiger partial charge in [-0.3, -0.25) is 0 Å². The number of hydrogen-bond acceptors (Lipinski definition) is 1. The van der Waals surface area contributed by atoms with E-state index >= 15 is 0 Å². The van der Waals surface area contributed by atoms with Gasteiger partial charge in [0.2, 0.25) is 0 Å². The van der Waals surface area contributed by atoms with Gasteiger partial charge in [-0.1, -0.05) is 65.2 Å². The second kappa shape index (κ2) is 10.7. The van der Waals surface area contributed by atoms with Gasteiger partial charge in [-0.25, -0.2) is 0 Å². The molecule has 0 spiro atoms. The van der Waals surface area contributed by atoms with Crippen LogP contribution in [-0.2, 0) is 4.74 Å². The lowest BCUT2D eigenvalue weighted by molar-refractivity contribution is -0.00970. The molecule has 0 aliphatic heterocycles. The Morgan fingerprint density at radius 3 is 2.05 bits per heavy atom. The van der Waals surface area contributed by atoms with Crippen LogP contribution in [0.25, 0.3) is 0 Å². The van der Waals surface area contributed by atoms with Gasteiger partial charge in [0.25, 0.3) is 0 Å². The van der Waals surface area contributed by atoms with Gasteiger partial charge < -0.3 is 4.74 Å². The van der Waals surface area contributed by atoms with Crippen molar-refractivity contribution in [3.63, 3.8) is 0 Å². The number of hydrogen-bond donors (Lipinski definition) is 0. The van der Waals surface area contributed by atoms with E-state index < -0.39 is 0 Å². The van der Waals surface area contributed by atoms with E-state index in [4.69, 9.17) is 4.74 Å². The molecule has 0 N–H and O–H groups in total. The molecule has 0 atom stereocenters. The zero-order chi connectivity index (χ0) is 15.6. The van der Waals surface area contributed by atoms with Crippen LogP contribution < -0.4 is 0 Å². The van der Waals surface area contributed by atoms with Crippen molar-refractivity contribution in [2.45, 2.75) is 110 Å². The van der Waals surface area contributed by atoms with Crippen molar-refractivity contribution < 1.29 is 4.74 Å². The lowest BCUT2D eigenvalue weighted by Gasteiger charge is -2.31. The van der Waals surface area contributed by atoms with Crippen LogP contribution in [-0.4, -0.2) is 12.7 Å². The van der Waals surface area contributed by atoms with E-state index in [2.05, 4.69) is 13.8 Å². The molecule has 0 aromatic rings. The fraction of sp³-hybridized carbons (Fsp3) is 1.00. The van der Waals surface area contributed by atoms with Gasteiger partial charge in [0.05, 0.1) is 6.10 Å². The second-order valence-corrected chi connectivity index (χ2v) is 8.30. The Morgan fingerprint density at radius 2 is 1.36 bits per heavy atom. The van der Waals surface area contributed by atoms with Crippen molar-refractivity contribution in [1.29, 1.82) is 0 Å². The third-order valence-electron chi connectivity index (χ3n) is 6.21. The lowest BCUT2D eigenvalue weighted by atomic mass is 9.82. The van der Waals surface area contributed by atoms with Crippen LogP contribution in [0.5, 0.6) is 0 Å². The molecule has 0 aromatic heterocycles. The minimum atomic E-state index is 0.593. The number of ether oxygens (including phenoxy) is 1. The quantitative estimate of drug-likeness (QED) is 0.428. The van der Waals surface area contributed by atoms with Gasteiger partial charge in [-0.15, -0.1) is 0 Å². The zero-order valence-electron chi connectivity index (χ0n) is 15.3. The third kappa shape index (κ3) is 7.02. The molecule has 22 heavy (non-hydrogen) atoms. The minimum absolute atomic E-state index is 0.593. The van der Waals surface area contributed by atoms with Crippen molar-refractivity contribution in [2.75, 3.05) is 6.61 Å². The number of unbranched alkanes of at least 4 members (excludes halogenated alkanes) is 4. The summed E-state index contributed by atoms with van der Waals surface area (Å²) in [6, 6.07) is 0. The molecule has 0 amide bonds. The number of rotatable bonds is 9. The highest BCUT2D eigenvalue weighted by Crippen LogP contribution is 2.32. The average Bonchev–Trinajstić information content (AvgIpc) is 2.55. The molecular weight excluding hydrogens is 268 g/mol. The molecule has 0 aromatic carbocycles. The highest BCUT2D eigenvalue weighted by molar-refractivity contribution is 4.75. The molecular formula is C21H40O. The largest absolute Gasteiger partial charge is 0.378 e. The third-order valence-corrected chi connectivity index (χ3v) is 6.21. The van der Waals surface area contributed by atoms with Crippen molar-refractivity contribution in [1.82, 2.24) is 0 Å². The zero-order valence-corrected chi connectivity index (χ0v) is 15.3. The van der Waals surface area contributed by atoms with E-state index in [1.54, 1.807) is 0 Å². The normalized spacial score (nSPS) is 33.0. The van der Waals surface area contributed by atoms with Gasteiger partial charge in [0.1, 0.15) is 0 Å². The van der Waals surface area contributed by atoms with Gasteiger partial charge in [-0.2, -0.15) is 0 Å². The van der Waals surface area contributed by atoms with Crippen LogP contribution in [0.1, 0.15) is 104 Å². The van der Waals surface area contributed by atoms with Crippen LogP contribution in [0.15, 0.2) is 0 Å². The van der Waals surface area contributed by atoms with Crippen molar-refractivity contribution >= 4 is 0 Å². The molecule has 2 fully saturated rings. The molecule has 130 valence electrons. The molecule has 0 heterocycles. The summed E-state index contributed by atoms with van der Waals surface area (Å²) in [6.07, 6.45) is 20.5. The minimum Gasteiger partial charge on any atom is -0.378 e. The molecule has 2 aliphatic rings. The van der Waals surface area contributed by atoms with Crippen molar-refractivity contribution in [3.05, 3.63) is 0 Å². The Bertz CT molecular complexity index is 259. The first-order valence-corrected chi connectivity index (χ1v) is 10.4. The molecule has 1 nitrogen and oxygen atoms in total. The maximum absolute atomic E-state index is 6.26. The van der Waals surface area contributed by atoms with Gasteiger partial charge in [0.15, 0.2) is 0 Å². The van der Waals surface area contributed by atoms with Crippen molar-refractivity contribution in [3.8, 4) is 0 Å². The molecule has 0 bridgehead atoms. The van der Waals surface area contributed by atoms with Crippen LogP contribution in [0, 0.1) is 17.8 Å². The van der Waals surface area contributed by atoms with Gasteiger partial charge in [-0.05, 0) is 56.3 Å². The monoisotopic (exact) mass is 308 g/mol. The van der Waals surface area contributed by atoms with E-state index in [-0.39, 0.29) is 0 Å². The summed E-state index contributed by atoms with van der Waals surface area (Å²) < 4.78 is 6.26. The highest BCUT2D eigenvalue weighted by Gasteiger charge is 2.23. The summed E-state index contributed by atoms with van der Waals surface area (Å²) in [6.45, 7) is 5.76. The maximum Gasteiger partial charge on any atom is 0.0575 e. The summed E-state index contributed by atoms with van der Waals surface area (Å²) in [5, 5.41) is 0. The summed E-state index contributed by atoms with van der Waals surface area (Å²) in [4.78, 5) is 0. The first-order valence-electron chi connectivity index (χ1n) is 10.4. The Kier molecular flexibility index (Phi) is 8.89. The fourth-order valence-corrected chi connectivity index (χ4v) is 4.39. The Hall–Kier alpha value is -0.0400. The summed E-state index contributed by atoms with van der Waals surface area (Å²) in [7, 11) is 0. The van der Waals surface area contributed by atoms with E-state index in [0.29, 0.717) is 6.10 Å². The molecule has 0 saturated heterocycles. The van der Waals surface area contributed by atoms with Gasteiger partial charge in [0, 0.05) is 6.61 Å². The lowest BCUT2D eigenvalue weighted by Crippen LogP contribution is -2.25. The fourth-order valence-electron chi connectivity index (χ4n) is 4.39. The molecule has 2 saturated carbocycles. The van der Waals surface area contributed by atoms with Crippen LogP contribution in [0.2, 0.25) is 0 Å². The first kappa shape index (κ1) is 18.3. The predicted octanol–water partition coefficient (Wildman–Crippen LogP) is 6.75. The summed E-state index contributed by atoms with van der Waals surface area (Å²) in [5.74, 6) is 2.84.